The first-order chi connectivity index (χ1) is 24.0. The second-order valence-corrected chi connectivity index (χ2v) is 13.6. The predicted octanol–water partition coefficient (Wildman–Crippen LogP) is 5.57. The smallest absolute Gasteiger partial charge is 0.265 e. The molecule has 2 aromatic carbocycles. The number of aliphatic hydroxyl groups is 2. The number of carbonyl (C=O) groups is 1. The molecule has 1 amide bonds. The number of halogens is 2. The van der Waals surface area contributed by atoms with Gasteiger partial charge in [0.2, 0.25) is 0 Å². The molecule has 0 radical (unpaired) electrons. The first kappa shape index (κ1) is 33.6. The Labute approximate surface area is 288 Å². The van der Waals surface area contributed by atoms with Crippen molar-refractivity contribution < 1.29 is 28.5 Å². The normalized spacial score (nSPS) is 18.6. The van der Waals surface area contributed by atoms with Crippen LogP contribution in [0.4, 0.5) is 14.5 Å². The molecule has 10 nitrogen and oxygen atoms in total. The lowest BCUT2D eigenvalue weighted by molar-refractivity contribution is -0.00286. The molecule has 260 valence electrons. The number of nitrogens with zero attached hydrogens (tertiary/aromatic N) is 4. The zero-order valence-corrected chi connectivity index (χ0v) is 27.9. The topological polar surface area (TPSA) is 141 Å². The maximum Gasteiger partial charge on any atom is 0.265 e. The number of likely N-dealkylation sites (tertiary alicyclic amines) is 1. The zero-order valence-electron chi connectivity index (χ0n) is 27.9. The number of benzene rings is 2. The molecule has 2 aromatic heterocycles. The van der Waals surface area contributed by atoms with E-state index in [1.807, 2.05) is 13.0 Å². The second-order valence-electron chi connectivity index (χ2n) is 13.6. The van der Waals surface area contributed by atoms with E-state index in [1.165, 1.54) is 23.4 Å². The Morgan fingerprint density at radius 3 is 2.64 bits per heavy atom. The lowest BCUT2D eigenvalue weighted by Crippen LogP contribution is -2.42. The largest absolute Gasteiger partial charge is 0.491 e. The third-order valence-corrected chi connectivity index (χ3v) is 9.87. The number of hydrogen-bond donors (Lipinski definition) is 4. The number of fused-ring (bicyclic) bond motifs is 2. The molecule has 7 rings (SSSR count). The molecule has 0 atom stereocenters. The number of aliphatic hydroxyl groups excluding tert-OH is 1. The van der Waals surface area contributed by atoms with Gasteiger partial charge in [0, 0.05) is 36.1 Å². The fourth-order valence-electron chi connectivity index (χ4n) is 6.76. The van der Waals surface area contributed by atoms with Gasteiger partial charge in [0.15, 0.2) is 0 Å². The highest BCUT2D eigenvalue weighted by Gasteiger charge is 2.34. The quantitative estimate of drug-likeness (QED) is 0.168. The van der Waals surface area contributed by atoms with Crippen molar-refractivity contribution in [2.75, 3.05) is 37.7 Å². The number of amides is 1. The van der Waals surface area contributed by atoms with Crippen LogP contribution < -0.4 is 15.4 Å². The van der Waals surface area contributed by atoms with Crippen LogP contribution in [0.3, 0.4) is 0 Å². The van der Waals surface area contributed by atoms with Gasteiger partial charge in [-0.2, -0.15) is 0 Å². The summed E-state index contributed by atoms with van der Waals surface area (Å²) in [6.45, 7) is 7.55. The van der Waals surface area contributed by atoms with Crippen molar-refractivity contribution in [1.29, 1.82) is 0 Å². The number of aromatic nitrogens is 3. The number of nitrogens with two attached hydrogens (primary N) is 1. The number of aromatic amines is 1. The zero-order chi connectivity index (χ0) is 35.2. The number of ether oxygens (including phenoxy) is 1. The van der Waals surface area contributed by atoms with Gasteiger partial charge in [-0.25, -0.2) is 18.7 Å². The van der Waals surface area contributed by atoms with Crippen LogP contribution >= 0.6 is 0 Å². The average molecular weight is 683 g/mol. The van der Waals surface area contributed by atoms with Crippen LogP contribution in [0.15, 0.2) is 67.0 Å². The number of piperidine rings is 1. The van der Waals surface area contributed by atoms with Gasteiger partial charge >= 0.3 is 0 Å². The van der Waals surface area contributed by atoms with E-state index in [-0.39, 0.29) is 47.2 Å². The Morgan fingerprint density at radius 2 is 1.92 bits per heavy atom. The number of allylic oxidation sites excluding steroid dienone is 2. The van der Waals surface area contributed by atoms with Crippen LogP contribution in [-0.2, 0) is 6.61 Å². The van der Waals surface area contributed by atoms with E-state index in [1.54, 1.807) is 24.3 Å². The van der Waals surface area contributed by atoms with E-state index in [2.05, 4.69) is 26.4 Å². The van der Waals surface area contributed by atoms with E-state index in [0.717, 1.165) is 43.1 Å². The molecule has 0 bridgehead atoms. The van der Waals surface area contributed by atoms with Crippen molar-refractivity contribution in [2.45, 2.75) is 50.7 Å². The lowest BCUT2D eigenvalue weighted by atomic mass is 9.93. The Balaban J connectivity index is 1.21. The summed E-state index contributed by atoms with van der Waals surface area (Å²) in [6, 6.07) is 7.26. The molecule has 3 aliphatic rings. The summed E-state index contributed by atoms with van der Waals surface area (Å²) >= 11 is 0. The average Bonchev–Trinajstić information content (AvgIpc) is 3.88. The van der Waals surface area contributed by atoms with Crippen LogP contribution in [0.2, 0.25) is 0 Å². The Hall–Kier alpha value is -4.91. The summed E-state index contributed by atoms with van der Waals surface area (Å²) in [5.41, 5.74) is 9.71. The molecule has 50 heavy (non-hydrogen) atoms. The van der Waals surface area contributed by atoms with E-state index >= 15 is 8.78 Å². The maximum atomic E-state index is 15.5. The first-order valence-electron chi connectivity index (χ1n) is 16.8. The van der Waals surface area contributed by atoms with Crippen LogP contribution in [0.1, 0.15) is 65.7 Å². The summed E-state index contributed by atoms with van der Waals surface area (Å²) < 4.78 is 36.7. The number of H-pyrrole nitrogens is 1. The molecule has 4 heterocycles. The number of anilines is 1. The SMILES string of the molecule is C=C/C(=C\C=C(/N)c1cc2c(-c3cc(F)cc(N4CCOc5cc(C6CC6)cc(F)c5C4=O)c3CO)ncnc2[nH]1)CN1CCC(C)(O)CC1. The van der Waals surface area contributed by atoms with Crippen molar-refractivity contribution in [2.24, 2.45) is 5.73 Å². The summed E-state index contributed by atoms with van der Waals surface area (Å²) in [5.74, 6) is -1.62. The molecule has 5 N–H and O–H groups in total. The Kier molecular flexibility index (Phi) is 9.02. The van der Waals surface area contributed by atoms with Crippen LogP contribution in [0.5, 0.6) is 5.75 Å². The molecular formula is C38H40F2N6O4. The molecule has 1 aliphatic carbocycles. The van der Waals surface area contributed by atoms with Crippen molar-refractivity contribution >= 4 is 28.3 Å². The van der Waals surface area contributed by atoms with E-state index in [0.29, 0.717) is 47.5 Å². The van der Waals surface area contributed by atoms with Crippen molar-refractivity contribution in [1.82, 2.24) is 19.9 Å². The number of rotatable bonds is 9. The summed E-state index contributed by atoms with van der Waals surface area (Å²) in [5, 5.41) is 21.5. The molecule has 0 unspecified atom stereocenters. The summed E-state index contributed by atoms with van der Waals surface area (Å²) in [7, 11) is 0. The summed E-state index contributed by atoms with van der Waals surface area (Å²) in [4.78, 5) is 29.4. The van der Waals surface area contributed by atoms with Gasteiger partial charge in [-0.3, -0.25) is 9.69 Å². The molecular weight excluding hydrogens is 642 g/mol. The number of nitrogens with one attached hydrogen (secondary N) is 1. The Bertz CT molecular complexity index is 2040. The van der Waals surface area contributed by atoms with Crippen LogP contribution in [0, 0.1) is 11.6 Å². The minimum atomic E-state index is -0.692. The standard InChI is InChI=1S/C38H40F2N6O4/c1-3-22(19-45-10-8-38(2,49)9-11-45)4-7-30(41)31-18-27-35(42-21-43-36(27)44-31)26-16-25(39)17-32(28(26)20-47)46-12-13-50-33-15-24(23-5-6-23)14-29(40)34(33)37(46)48/h3-4,7,14-18,21,23,47,49H,1,5-6,8-13,19-20,41H2,2H3,(H,42,43,44)/b22-4+,30-7-. The van der Waals surface area contributed by atoms with Gasteiger partial charge in [0.25, 0.3) is 5.91 Å². The molecule has 4 aromatic rings. The Morgan fingerprint density at radius 1 is 1.14 bits per heavy atom. The van der Waals surface area contributed by atoms with Gasteiger partial charge in [-0.15, -0.1) is 0 Å². The highest BCUT2D eigenvalue weighted by Crippen LogP contribution is 2.43. The predicted molar refractivity (Wildman–Crippen MR) is 187 cm³/mol. The van der Waals surface area contributed by atoms with Gasteiger partial charge in [0.05, 0.1) is 41.5 Å². The van der Waals surface area contributed by atoms with E-state index < -0.39 is 29.7 Å². The number of carbonyl (C=O) groups excluding carboxylic acids is 1. The monoisotopic (exact) mass is 682 g/mol. The molecule has 1 saturated carbocycles. The molecule has 2 fully saturated rings. The van der Waals surface area contributed by atoms with E-state index in [4.69, 9.17) is 10.5 Å². The summed E-state index contributed by atoms with van der Waals surface area (Å²) in [6.07, 6.45) is 10.1. The van der Waals surface area contributed by atoms with E-state index in [9.17, 15) is 15.0 Å². The third kappa shape index (κ3) is 6.66. The highest BCUT2D eigenvalue weighted by atomic mass is 19.1. The van der Waals surface area contributed by atoms with Crippen LogP contribution in [0.25, 0.3) is 28.0 Å². The second kappa shape index (κ2) is 13.4. The maximum absolute atomic E-state index is 15.5. The van der Waals surface area contributed by atoms with Gasteiger partial charge in [-0.1, -0.05) is 18.7 Å². The van der Waals surface area contributed by atoms with Crippen molar-refractivity contribution in [3.8, 4) is 17.0 Å². The fourth-order valence-corrected chi connectivity index (χ4v) is 6.76. The first-order valence-corrected chi connectivity index (χ1v) is 16.8. The van der Waals surface area contributed by atoms with Gasteiger partial charge in [-0.05, 0) is 86.1 Å². The molecule has 0 spiro atoms. The molecule has 1 saturated heterocycles. The van der Waals surface area contributed by atoms with Crippen molar-refractivity contribution in [3.05, 3.63) is 101 Å². The minimum Gasteiger partial charge on any atom is -0.491 e. The molecule has 2 aliphatic heterocycles. The fraction of sp³-hybridized carbons (Fsp3) is 0.342. The highest BCUT2D eigenvalue weighted by molar-refractivity contribution is 6.09. The van der Waals surface area contributed by atoms with Gasteiger partial charge in [0.1, 0.15) is 41.5 Å². The number of hydrogen-bond acceptors (Lipinski definition) is 8. The van der Waals surface area contributed by atoms with Gasteiger partial charge < -0.3 is 30.6 Å². The molecule has 12 heteroatoms. The third-order valence-electron chi connectivity index (χ3n) is 9.87. The minimum absolute atomic E-state index is 0.00914. The lowest BCUT2D eigenvalue weighted by Gasteiger charge is -2.35. The van der Waals surface area contributed by atoms with Crippen molar-refractivity contribution in [3.63, 3.8) is 0 Å². The van der Waals surface area contributed by atoms with Crippen LogP contribution in [-0.4, -0.2) is 74.4 Å².